The molecule has 3 rings (SSSR count). The van der Waals surface area contributed by atoms with Crippen molar-refractivity contribution in [1.82, 2.24) is 0 Å². The monoisotopic (exact) mass is 428 g/mol. The average Bonchev–Trinajstić information content (AvgIpc) is 2.75. The summed E-state index contributed by atoms with van der Waals surface area (Å²) in [5.41, 5.74) is 2.89. The number of hydrogen-bond acceptors (Lipinski definition) is 3. The maximum Gasteiger partial charge on any atom is 0.406 e. The third kappa shape index (κ3) is 5.66. The van der Waals surface area contributed by atoms with E-state index in [9.17, 15) is 18.0 Å². The molecule has 3 aromatic carbocycles. The zero-order valence-corrected chi connectivity index (χ0v) is 17.3. The molecule has 6 heteroatoms. The number of halogens is 3. The van der Waals surface area contributed by atoms with E-state index >= 15 is 0 Å². The molecule has 0 aliphatic heterocycles. The van der Waals surface area contributed by atoms with E-state index in [4.69, 9.17) is 9.47 Å². The summed E-state index contributed by atoms with van der Waals surface area (Å²) in [6.07, 6.45) is -2.72. The molecule has 0 saturated heterocycles. The second-order valence-corrected chi connectivity index (χ2v) is 7.14. The topological polar surface area (TPSA) is 35.5 Å². The highest BCUT2D eigenvalue weighted by atomic mass is 19.4. The van der Waals surface area contributed by atoms with Crippen molar-refractivity contribution in [2.45, 2.75) is 31.9 Å². The lowest BCUT2D eigenvalue weighted by atomic mass is 9.98. The van der Waals surface area contributed by atoms with Crippen molar-refractivity contribution in [3.05, 3.63) is 83.9 Å². The summed E-state index contributed by atoms with van der Waals surface area (Å²) in [5, 5.41) is 0. The number of carbonyl (C=O) groups excluding carboxylic acids is 1. The van der Waals surface area contributed by atoms with E-state index in [2.05, 4.69) is 19.1 Å². The molecule has 0 spiro atoms. The van der Waals surface area contributed by atoms with Crippen LogP contribution in [0.1, 0.15) is 30.4 Å². The van der Waals surface area contributed by atoms with Crippen LogP contribution < -0.4 is 9.47 Å². The minimum absolute atomic E-state index is 0.0547. The zero-order chi connectivity index (χ0) is 22.4. The van der Waals surface area contributed by atoms with Crippen molar-refractivity contribution in [3.8, 4) is 22.6 Å². The van der Waals surface area contributed by atoms with Crippen molar-refractivity contribution in [2.75, 3.05) is 7.11 Å². The Morgan fingerprint density at radius 3 is 1.84 bits per heavy atom. The van der Waals surface area contributed by atoms with Crippen LogP contribution in [0.3, 0.4) is 0 Å². The standard InChI is InChI=1S/C25H23F3O3/c1-3-4-17-5-7-18(8-6-17)19-9-15-22(16-10-19)31-24(29)23(25(26,27)28)20-11-13-21(30-2)14-12-20/h5-16,23H,3-4H2,1-2H3/t23-/m0/s1. The lowest BCUT2D eigenvalue weighted by molar-refractivity contribution is -0.174. The summed E-state index contributed by atoms with van der Waals surface area (Å²) < 4.78 is 50.8. The number of alkyl halides is 3. The summed E-state index contributed by atoms with van der Waals surface area (Å²) in [6.45, 7) is 2.12. The van der Waals surface area contributed by atoms with E-state index in [0.717, 1.165) is 24.0 Å². The molecule has 31 heavy (non-hydrogen) atoms. The minimum Gasteiger partial charge on any atom is -0.497 e. The molecule has 0 bridgehead atoms. The van der Waals surface area contributed by atoms with Crippen LogP contribution in [0.5, 0.6) is 11.5 Å². The highest BCUT2D eigenvalue weighted by Gasteiger charge is 2.47. The number of methoxy groups -OCH3 is 1. The van der Waals surface area contributed by atoms with Gasteiger partial charge in [-0.3, -0.25) is 4.79 Å². The lowest BCUT2D eigenvalue weighted by Crippen LogP contribution is -2.31. The van der Waals surface area contributed by atoms with E-state index in [1.807, 2.05) is 12.1 Å². The third-order valence-corrected chi connectivity index (χ3v) is 4.91. The summed E-state index contributed by atoms with van der Waals surface area (Å²) in [5.74, 6) is -3.31. The van der Waals surface area contributed by atoms with Crippen LogP contribution in [0.4, 0.5) is 13.2 Å². The average molecular weight is 428 g/mol. The number of aryl methyl sites for hydroxylation is 1. The number of esters is 1. The normalized spacial score (nSPS) is 12.3. The number of hydrogen-bond donors (Lipinski definition) is 0. The van der Waals surface area contributed by atoms with E-state index in [1.165, 1.54) is 49.1 Å². The fraction of sp³-hybridized carbons (Fsp3) is 0.240. The van der Waals surface area contributed by atoms with Crippen molar-refractivity contribution < 1.29 is 27.4 Å². The Bertz CT molecular complexity index is 992. The van der Waals surface area contributed by atoms with Crippen LogP contribution in [0, 0.1) is 0 Å². The Morgan fingerprint density at radius 1 is 0.839 bits per heavy atom. The molecule has 0 aliphatic rings. The van der Waals surface area contributed by atoms with E-state index in [1.54, 1.807) is 12.1 Å². The smallest absolute Gasteiger partial charge is 0.406 e. The largest absolute Gasteiger partial charge is 0.497 e. The predicted octanol–water partition coefficient (Wildman–Crippen LogP) is 6.57. The fourth-order valence-corrected chi connectivity index (χ4v) is 3.30. The Morgan fingerprint density at radius 2 is 1.35 bits per heavy atom. The van der Waals surface area contributed by atoms with Crippen LogP contribution in [0.15, 0.2) is 72.8 Å². The second-order valence-electron chi connectivity index (χ2n) is 7.14. The third-order valence-electron chi connectivity index (χ3n) is 4.91. The van der Waals surface area contributed by atoms with Crippen LogP contribution in [-0.4, -0.2) is 19.3 Å². The minimum atomic E-state index is -4.79. The summed E-state index contributed by atoms with van der Waals surface area (Å²) in [6, 6.07) is 19.7. The first-order chi connectivity index (χ1) is 14.8. The van der Waals surface area contributed by atoms with Crippen LogP contribution in [-0.2, 0) is 11.2 Å². The van der Waals surface area contributed by atoms with Crippen molar-refractivity contribution >= 4 is 5.97 Å². The molecule has 0 heterocycles. The van der Waals surface area contributed by atoms with Gasteiger partial charge >= 0.3 is 12.1 Å². The Balaban J connectivity index is 1.75. The number of rotatable bonds is 7. The van der Waals surface area contributed by atoms with Crippen LogP contribution in [0.25, 0.3) is 11.1 Å². The van der Waals surface area contributed by atoms with Gasteiger partial charge in [-0.25, -0.2) is 0 Å². The van der Waals surface area contributed by atoms with Gasteiger partial charge in [0.15, 0.2) is 5.92 Å². The first-order valence-corrected chi connectivity index (χ1v) is 9.93. The molecule has 1 atom stereocenters. The maximum absolute atomic E-state index is 13.6. The van der Waals surface area contributed by atoms with Gasteiger partial charge in [0.1, 0.15) is 11.5 Å². The van der Waals surface area contributed by atoms with Gasteiger partial charge in [-0.2, -0.15) is 13.2 Å². The molecule has 0 radical (unpaired) electrons. The highest BCUT2D eigenvalue weighted by Crippen LogP contribution is 2.37. The first-order valence-electron chi connectivity index (χ1n) is 9.93. The molecule has 0 fully saturated rings. The molecule has 0 aromatic heterocycles. The maximum atomic E-state index is 13.6. The molecule has 0 N–H and O–H groups in total. The Kier molecular flexibility index (Phi) is 7.00. The molecular formula is C25H23F3O3. The van der Waals surface area contributed by atoms with Crippen molar-refractivity contribution in [3.63, 3.8) is 0 Å². The molecule has 3 aromatic rings. The highest BCUT2D eigenvalue weighted by molar-refractivity contribution is 5.81. The molecular weight excluding hydrogens is 405 g/mol. The van der Waals surface area contributed by atoms with Gasteiger partial charge in [0, 0.05) is 0 Å². The summed E-state index contributed by atoms with van der Waals surface area (Å²) in [7, 11) is 1.41. The van der Waals surface area contributed by atoms with Crippen molar-refractivity contribution in [1.29, 1.82) is 0 Å². The van der Waals surface area contributed by atoms with Gasteiger partial charge < -0.3 is 9.47 Å². The fourth-order valence-electron chi connectivity index (χ4n) is 3.30. The van der Waals surface area contributed by atoms with Gasteiger partial charge in [-0.05, 0) is 52.9 Å². The zero-order valence-electron chi connectivity index (χ0n) is 17.3. The number of benzene rings is 3. The van der Waals surface area contributed by atoms with Gasteiger partial charge in [0.05, 0.1) is 7.11 Å². The molecule has 0 amide bonds. The van der Waals surface area contributed by atoms with E-state index < -0.39 is 18.1 Å². The van der Waals surface area contributed by atoms with Crippen LogP contribution >= 0.6 is 0 Å². The van der Waals surface area contributed by atoms with Gasteiger partial charge in [-0.15, -0.1) is 0 Å². The quantitative estimate of drug-likeness (QED) is 0.316. The van der Waals surface area contributed by atoms with Crippen molar-refractivity contribution in [2.24, 2.45) is 0 Å². The van der Waals surface area contributed by atoms with Gasteiger partial charge in [0.25, 0.3) is 0 Å². The molecule has 0 aliphatic carbocycles. The Hall–Kier alpha value is -3.28. The predicted molar refractivity (Wildman–Crippen MR) is 113 cm³/mol. The SMILES string of the molecule is CCCc1ccc(-c2ccc(OC(=O)[C@H](c3ccc(OC)cc3)C(F)(F)F)cc2)cc1. The number of ether oxygens (including phenoxy) is 2. The summed E-state index contributed by atoms with van der Waals surface area (Å²) >= 11 is 0. The summed E-state index contributed by atoms with van der Waals surface area (Å²) in [4.78, 5) is 12.4. The molecule has 0 unspecified atom stereocenters. The lowest BCUT2D eigenvalue weighted by Gasteiger charge is -2.19. The van der Waals surface area contributed by atoms with E-state index in [-0.39, 0.29) is 11.3 Å². The molecule has 162 valence electrons. The molecule has 3 nitrogen and oxygen atoms in total. The van der Waals surface area contributed by atoms with E-state index in [0.29, 0.717) is 5.75 Å². The number of carbonyl (C=O) groups is 1. The Labute approximate surface area is 179 Å². The van der Waals surface area contributed by atoms with Gasteiger partial charge in [0.2, 0.25) is 0 Å². The second kappa shape index (κ2) is 9.69. The van der Waals surface area contributed by atoms with Gasteiger partial charge in [-0.1, -0.05) is 61.9 Å². The first kappa shape index (κ1) is 22.4. The molecule has 0 saturated carbocycles. The van der Waals surface area contributed by atoms with Crippen LogP contribution in [0.2, 0.25) is 0 Å².